The molecule has 0 saturated heterocycles. The number of nitrogens with zero attached hydrogens (tertiary/aromatic N) is 2. The third kappa shape index (κ3) is 5.99. The molecule has 0 aliphatic rings. The average Bonchev–Trinajstić information content (AvgIpc) is 3.95. The number of hydrogen-bond acceptors (Lipinski definition) is 4. The van der Waals surface area contributed by atoms with Crippen LogP contribution >= 0.6 is 11.3 Å². The quantitative estimate of drug-likeness (QED) is 0.161. The molecule has 0 unspecified atom stereocenters. The van der Waals surface area contributed by atoms with Gasteiger partial charge >= 0.3 is 0 Å². The SMILES string of the molecule is c1ccc(-c2ccc(N(c3ccc(-c4ccccc4)cc3)c3ccc(-c4ccc(-c5nc6ccccc6o5)c5ccccc45)c4c3ccc3c5ccccc5sc34)cc2)cc1. The van der Waals surface area contributed by atoms with Crippen LogP contribution in [0.15, 0.2) is 223 Å². The van der Waals surface area contributed by atoms with Gasteiger partial charge in [-0.05, 0) is 98.8 Å². The summed E-state index contributed by atoms with van der Waals surface area (Å²) in [7, 11) is 0. The lowest BCUT2D eigenvalue weighted by Crippen LogP contribution is -2.10. The summed E-state index contributed by atoms with van der Waals surface area (Å²) in [5.41, 5.74) is 13.0. The number of para-hydroxylation sites is 2. The Hall–Kier alpha value is -7.79. The summed E-state index contributed by atoms with van der Waals surface area (Å²) < 4.78 is 8.90. The fourth-order valence-electron chi connectivity index (χ4n) is 9.03. The minimum atomic E-state index is 0.628. The van der Waals surface area contributed by atoms with E-state index in [1.165, 1.54) is 64.3 Å². The molecular formula is C57H36N2OS. The predicted molar refractivity (Wildman–Crippen MR) is 258 cm³/mol. The topological polar surface area (TPSA) is 29.3 Å². The van der Waals surface area contributed by atoms with E-state index in [0.717, 1.165) is 44.5 Å². The third-order valence-electron chi connectivity index (χ3n) is 11.9. The zero-order valence-electron chi connectivity index (χ0n) is 33.0. The first kappa shape index (κ1) is 35.2. The van der Waals surface area contributed by atoms with Gasteiger partial charge in [0.2, 0.25) is 5.89 Å². The maximum absolute atomic E-state index is 6.35. The Bertz CT molecular complexity index is 3460. The Morgan fingerprint density at radius 3 is 1.57 bits per heavy atom. The molecule has 0 aliphatic heterocycles. The highest BCUT2D eigenvalue weighted by atomic mass is 32.1. The van der Waals surface area contributed by atoms with Gasteiger partial charge in [-0.3, -0.25) is 0 Å². The molecule has 0 radical (unpaired) electrons. The van der Waals surface area contributed by atoms with Crippen LogP contribution in [-0.4, -0.2) is 4.98 Å². The summed E-state index contributed by atoms with van der Waals surface area (Å²) >= 11 is 1.88. The predicted octanol–water partition coefficient (Wildman–Crippen LogP) is 16.6. The molecule has 286 valence electrons. The Balaban J connectivity index is 1.10. The lowest BCUT2D eigenvalue weighted by atomic mass is 9.90. The molecule has 0 fully saturated rings. The molecule has 0 amide bonds. The van der Waals surface area contributed by atoms with Crippen LogP contribution < -0.4 is 4.90 Å². The Morgan fingerprint density at radius 2 is 0.902 bits per heavy atom. The van der Waals surface area contributed by atoms with Crippen molar-refractivity contribution in [2.24, 2.45) is 0 Å². The van der Waals surface area contributed by atoms with Crippen molar-refractivity contribution in [2.45, 2.75) is 0 Å². The molecule has 0 bridgehead atoms. The second-order valence-electron chi connectivity index (χ2n) is 15.4. The van der Waals surface area contributed by atoms with Gasteiger partial charge in [0.05, 0.1) is 5.69 Å². The molecule has 10 aromatic carbocycles. The van der Waals surface area contributed by atoms with Crippen LogP contribution in [0, 0.1) is 0 Å². The van der Waals surface area contributed by atoms with Gasteiger partial charge in [0.1, 0.15) is 5.52 Å². The number of rotatable bonds is 7. The molecular weight excluding hydrogens is 761 g/mol. The van der Waals surface area contributed by atoms with Crippen LogP contribution in [0.2, 0.25) is 0 Å². The van der Waals surface area contributed by atoms with E-state index in [9.17, 15) is 0 Å². The largest absolute Gasteiger partial charge is 0.436 e. The Labute approximate surface area is 357 Å². The van der Waals surface area contributed by atoms with Gasteiger partial charge in [-0.1, -0.05) is 164 Å². The first-order valence-electron chi connectivity index (χ1n) is 20.6. The molecule has 12 aromatic rings. The van der Waals surface area contributed by atoms with Crippen molar-refractivity contribution in [1.29, 1.82) is 0 Å². The highest BCUT2D eigenvalue weighted by Crippen LogP contribution is 2.49. The second kappa shape index (κ2) is 14.5. The number of anilines is 3. The van der Waals surface area contributed by atoms with Crippen LogP contribution in [0.25, 0.3) is 97.7 Å². The minimum Gasteiger partial charge on any atom is -0.436 e. The molecule has 3 nitrogen and oxygen atoms in total. The van der Waals surface area contributed by atoms with Crippen LogP contribution in [0.5, 0.6) is 0 Å². The van der Waals surface area contributed by atoms with E-state index in [4.69, 9.17) is 9.40 Å². The minimum absolute atomic E-state index is 0.628. The lowest BCUT2D eigenvalue weighted by molar-refractivity contribution is 0.620. The molecule has 0 spiro atoms. The Morgan fingerprint density at radius 1 is 0.377 bits per heavy atom. The average molecular weight is 797 g/mol. The van der Waals surface area contributed by atoms with Gasteiger partial charge in [-0.25, -0.2) is 4.98 Å². The number of hydrogen-bond donors (Lipinski definition) is 0. The Kier molecular flexibility index (Phi) is 8.36. The number of oxazole rings is 1. The van der Waals surface area contributed by atoms with E-state index in [-0.39, 0.29) is 0 Å². The van der Waals surface area contributed by atoms with Gasteiger partial charge in [0, 0.05) is 47.9 Å². The van der Waals surface area contributed by atoms with Crippen molar-refractivity contribution in [3.63, 3.8) is 0 Å². The summed E-state index contributed by atoms with van der Waals surface area (Å²) in [6.45, 7) is 0. The van der Waals surface area contributed by atoms with Crippen molar-refractivity contribution >= 4 is 81.2 Å². The van der Waals surface area contributed by atoms with Crippen molar-refractivity contribution in [1.82, 2.24) is 4.98 Å². The van der Waals surface area contributed by atoms with Crippen molar-refractivity contribution < 1.29 is 4.42 Å². The summed E-state index contributed by atoms with van der Waals surface area (Å²) in [5, 5.41) is 7.22. The lowest BCUT2D eigenvalue weighted by Gasteiger charge is -2.28. The van der Waals surface area contributed by atoms with Crippen LogP contribution in [0.4, 0.5) is 17.1 Å². The number of aromatic nitrogens is 1. The third-order valence-corrected chi connectivity index (χ3v) is 13.1. The van der Waals surface area contributed by atoms with Crippen LogP contribution in [0.1, 0.15) is 0 Å². The molecule has 2 aromatic heterocycles. The van der Waals surface area contributed by atoms with Gasteiger partial charge < -0.3 is 9.32 Å². The van der Waals surface area contributed by atoms with Gasteiger partial charge in [0.15, 0.2) is 5.58 Å². The first-order chi connectivity index (χ1) is 30.2. The fourth-order valence-corrected chi connectivity index (χ4v) is 10.3. The van der Waals surface area contributed by atoms with Crippen molar-refractivity contribution in [3.8, 4) is 44.8 Å². The molecule has 0 saturated carbocycles. The highest BCUT2D eigenvalue weighted by Gasteiger charge is 2.22. The second-order valence-corrected chi connectivity index (χ2v) is 16.5. The molecule has 0 atom stereocenters. The smallest absolute Gasteiger partial charge is 0.227 e. The summed E-state index contributed by atoms with van der Waals surface area (Å²) in [5.74, 6) is 0.628. The standard InChI is InChI=1S/C57H36N2OS/c1-3-13-37(14-4-1)39-23-27-41(28-24-39)59(42-29-25-40(26-30-42)38-15-5-2-6-16-38)52-36-35-47(55-50(52)34-32-48-46-19-9-12-22-54(46)61-56(48)55)45-31-33-49(44-18-8-7-17-43(44)45)57-58-51-20-10-11-21-53(51)60-57/h1-36H. The summed E-state index contributed by atoms with van der Waals surface area (Å²) in [6, 6.07) is 78.3. The normalized spacial score (nSPS) is 11.6. The van der Waals surface area contributed by atoms with Gasteiger partial charge in [0.25, 0.3) is 0 Å². The maximum Gasteiger partial charge on any atom is 0.227 e. The monoisotopic (exact) mass is 796 g/mol. The fraction of sp³-hybridized carbons (Fsp3) is 0. The van der Waals surface area contributed by atoms with Crippen molar-refractivity contribution in [3.05, 3.63) is 218 Å². The van der Waals surface area contributed by atoms with Crippen LogP contribution in [-0.2, 0) is 0 Å². The highest BCUT2D eigenvalue weighted by molar-refractivity contribution is 7.26. The number of fused-ring (bicyclic) bond motifs is 7. The van der Waals surface area contributed by atoms with E-state index < -0.39 is 0 Å². The van der Waals surface area contributed by atoms with Gasteiger partial charge in [-0.15, -0.1) is 11.3 Å². The molecule has 12 rings (SSSR count). The van der Waals surface area contributed by atoms with Crippen molar-refractivity contribution in [2.75, 3.05) is 4.90 Å². The van der Waals surface area contributed by atoms with E-state index in [0.29, 0.717) is 5.89 Å². The summed E-state index contributed by atoms with van der Waals surface area (Å²) in [4.78, 5) is 7.33. The molecule has 4 heteroatoms. The zero-order chi connectivity index (χ0) is 40.3. The van der Waals surface area contributed by atoms with Crippen LogP contribution in [0.3, 0.4) is 0 Å². The summed E-state index contributed by atoms with van der Waals surface area (Å²) in [6.07, 6.45) is 0. The molecule has 0 aliphatic carbocycles. The molecule has 61 heavy (non-hydrogen) atoms. The van der Waals surface area contributed by atoms with E-state index >= 15 is 0 Å². The van der Waals surface area contributed by atoms with E-state index in [2.05, 4.69) is 199 Å². The number of thiophene rings is 1. The molecule has 2 heterocycles. The maximum atomic E-state index is 6.35. The number of benzene rings is 10. The zero-order valence-corrected chi connectivity index (χ0v) is 33.8. The first-order valence-corrected chi connectivity index (χ1v) is 21.4. The van der Waals surface area contributed by atoms with E-state index in [1.807, 2.05) is 35.6 Å². The van der Waals surface area contributed by atoms with E-state index in [1.54, 1.807) is 0 Å². The van der Waals surface area contributed by atoms with Gasteiger partial charge in [-0.2, -0.15) is 0 Å². The molecule has 0 N–H and O–H groups in total.